The summed E-state index contributed by atoms with van der Waals surface area (Å²) >= 11 is 19.6. The van der Waals surface area contributed by atoms with E-state index in [0.717, 1.165) is 17.8 Å². The van der Waals surface area contributed by atoms with Gasteiger partial charge in [-0.1, -0.05) is 52.1 Å². The van der Waals surface area contributed by atoms with Crippen molar-refractivity contribution in [1.82, 2.24) is 10.5 Å². The molecule has 1 unspecified atom stereocenters. The molecule has 0 amide bonds. The molecule has 0 saturated carbocycles. The molecular weight excluding hydrogens is 589 g/mol. The van der Waals surface area contributed by atoms with Crippen LogP contribution in [0, 0.1) is 0 Å². The zero-order chi connectivity index (χ0) is 28.7. The molecule has 3 N–H and O–H groups in total. The molecule has 4 aromatic rings. The Morgan fingerprint density at radius 1 is 1.05 bits per heavy atom. The third-order valence-corrected chi connectivity index (χ3v) is 8.58. The Kier molecular flexibility index (Phi) is 7.61. The van der Waals surface area contributed by atoms with Crippen LogP contribution in [0.15, 0.2) is 65.2 Å². The Hall–Kier alpha value is -3.27. The van der Waals surface area contributed by atoms with Crippen LogP contribution in [0.1, 0.15) is 46.1 Å². The number of carboxylic acid groups (broad SMARTS) is 1. The van der Waals surface area contributed by atoms with Crippen molar-refractivity contribution in [1.29, 1.82) is 0 Å². The summed E-state index contributed by atoms with van der Waals surface area (Å²) in [6, 6.07) is 17.4. The maximum atomic E-state index is 11.5. The fraction of sp³-hybridized carbons (Fsp3) is 0.267. The zero-order valence-corrected chi connectivity index (χ0v) is 24.0. The lowest BCUT2D eigenvalue weighted by molar-refractivity contribution is 0.0118. The van der Waals surface area contributed by atoms with Gasteiger partial charge in [-0.3, -0.25) is 0 Å². The van der Waals surface area contributed by atoms with Gasteiger partial charge in [0.05, 0.1) is 37.8 Å². The maximum absolute atomic E-state index is 11.5. The minimum atomic E-state index is -1.10. The molecule has 6 rings (SSSR count). The standard InChI is InChI=1S/C30H26Cl3N3O5/c31-22-2-1-3-23(32)26(22)27-20(28(41-35-27)25-15-34-25)16-40-19-8-9-21(24(33)14-19)30(39)10-12-36(13-11-30)18-6-4-17(5-7-18)29(37)38/h1-9,14,25,34,39H,10-13,15-16H2,(H,37,38). The molecule has 41 heavy (non-hydrogen) atoms. The molecule has 1 atom stereocenters. The summed E-state index contributed by atoms with van der Waals surface area (Å²) in [7, 11) is 0. The predicted molar refractivity (Wildman–Crippen MR) is 157 cm³/mol. The van der Waals surface area contributed by atoms with Gasteiger partial charge in [-0.25, -0.2) is 4.79 Å². The van der Waals surface area contributed by atoms with E-state index in [1.807, 2.05) is 0 Å². The molecular formula is C30H26Cl3N3O5. The van der Waals surface area contributed by atoms with Gasteiger partial charge in [-0.2, -0.15) is 0 Å². The number of nitrogens with zero attached hydrogens (tertiary/aromatic N) is 2. The normalized spacial score (nSPS) is 17.9. The van der Waals surface area contributed by atoms with E-state index in [4.69, 9.17) is 49.2 Å². The van der Waals surface area contributed by atoms with Crippen molar-refractivity contribution < 1.29 is 24.3 Å². The van der Waals surface area contributed by atoms with Gasteiger partial charge >= 0.3 is 5.97 Å². The largest absolute Gasteiger partial charge is 0.489 e. The summed E-state index contributed by atoms with van der Waals surface area (Å²) in [5.74, 6) is 0.252. The number of ether oxygens (including phenoxy) is 1. The van der Waals surface area contributed by atoms with E-state index >= 15 is 0 Å². The van der Waals surface area contributed by atoms with Crippen LogP contribution in [-0.2, 0) is 12.2 Å². The molecule has 3 heterocycles. The van der Waals surface area contributed by atoms with E-state index in [1.54, 1.807) is 60.7 Å². The number of hydrogen-bond acceptors (Lipinski definition) is 7. The number of anilines is 1. The number of aromatic nitrogens is 1. The average Bonchev–Trinajstić information content (AvgIpc) is 3.72. The number of carboxylic acids is 1. The Morgan fingerprint density at radius 3 is 2.34 bits per heavy atom. The van der Waals surface area contributed by atoms with Crippen molar-refractivity contribution in [2.24, 2.45) is 0 Å². The SMILES string of the molecule is O=C(O)c1ccc(N2CCC(O)(c3ccc(OCc4c(-c5c(Cl)cccc5Cl)noc4C4CN4)cc3Cl)CC2)cc1. The van der Waals surface area contributed by atoms with Gasteiger partial charge in [-0.15, -0.1) is 0 Å². The smallest absolute Gasteiger partial charge is 0.335 e. The number of hydrogen-bond donors (Lipinski definition) is 3. The molecule has 3 aromatic carbocycles. The van der Waals surface area contributed by atoms with Crippen LogP contribution in [0.3, 0.4) is 0 Å². The first kappa shape index (κ1) is 27.9. The third kappa shape index (κ3) is 5.63. The summed E-state index contributed by atoms with van der Waals surface area (Å²) in [5, 5.41) is 29.5. The zero-order valence-electron chi connectivity index (χ0n) is 21.7. The van der Waals surface area contributed by atoms with Gasteiger partial charge in [0.1, 0.15) is 18.1 Å². The van der Waals surface area contributed by atoms with Gasteiger partial charge in [0.15, 0.2) is 5.76 Å². The van der Waals surface area contributed by atoms with Crippen molar-refractivity contribution in [2.45, 2.75) is 31.1 Å². The quantitative estimate of drug-likeness (QED) is 0.187. The fourth-order valence-corrected chi connectivity index (χ4v) is 6.16. The lowest BCUT2D eigenvalue weighted by atomic mass is 9.84. The topological polar surface area (TPSA) is 118 Å². The summed E-state index contributed by atoms with van der Waals surface area (Å²) in [4.78, 5) is 13.3. The fourth-order valence-electron chi connectivity index (χ4n) is 5.24. The van der Waals surface area contributed by atoms with Crippen molar-refractivity contribution >= 4 is 46.5 Å². The number of piperidine rings is 1. The Morgan fingerprint density at radius 2 is 1.73 bits per heavy atom. The maximum Gasteiger partial charge on any atom is 0.335 e. The van der Waals surface area contributed by atoms with Crippen molar-refractivity contribution in [3.05, 3.63) is 98.2 Å². The van der Waals surface area contributed by atoms with Crippen LogP contribution >= 0.6 is 34.8 Å². The van der Waals surface area contributed by atoms with E-state index in [0.29, 0.717) is 69.3 Å². The lowest BCUT2D eigenvalue weighted by Gasteiger charge is -2.40. The predicted octanol–water partition coefficient (Wildman–Crippen LogP) is 6.71. The van der Waals surface area contributed by atoms with Crippen LogP contribution in [-0.4, -0.2) is 41.0 Å². The highest BCUT2D eigenvalue weighted by atomic mass is 35.5. The molecule has 8 nitrogen and oxygen atoms in total. The minimum absolute atomic E-state index is 0.0531. The van der Waals surface area contributed by atoms with Crippen LogP contribution in [0.4, 0.5) is 5.69 Å². The average molecular weight is 615 g/mol. The number of carbonyl (C=O) groups is 1. The number of halogens is 3. The van der Waals surface area contributed by atoms with Gasteiger partial charge in [0.25, 0.3) is 0 Å². The molecule has 0 radical (unpaired) electrons. The highest BCUT2D eigenvalue weighted by Gasteiger charge is 2.36. The van der Waals surface area contributed by atoms with Crippen LogP contribution in [0.25, 0.3) is 11.3 Å². The van der Waals surface area contributed by atoms with Crippen LogP contribution in [0.2, 0.25) is 15.1 Å². The highest BCUT2D eigenvalue weighted by molar-refractivity contribution is 6.39. The number of aliphatic hydroxyl groups is 1. The highest BCUT2D eigenvalue weighted by Crippen LogP contribution is 2.42. The molecule has 2 saturated heterocycles. The summed E-state index contributed by atoms with van der Waals surface area (Å²) in [5.41, 5.74) is 2.57. The second-order valence-electron chi connectivity index (χ2n) is 10.2. The van der Waals surface area contributed by atoms with Gasteiger partial charge < -0.3 is 29.7 Å². The van der Waals surface area contributed by atoms with E-state index in [-0.39, 0.29) is 18.2 Å². The van der Waals surface area contributed by atoms with Crippen molar-refractivity contribution in [3.63, 3.8) is 0 Å². The molecule has 11 heteroatoms. The molecule has 212 valence electrons. The van der Waals surface area contributed by atoms with E-state index in [9.17, 15) is 9.90 Å². The second kappa shape index (κ2) is 11.2. The van der Waals surface area contributed by atoms with Gasteiger partial charge in [0, 0.05) is 36.4 Å². The van der Waals surface area contributed by atoms with Crippen LogP contribution < -0.4 is 15.0 Å². The first-order chi connectivity index (χ1) is 19.7. The van der Waals surface area contributed by atoms with E-state index < -0.39 is 11.6 Å². The second-order valence-corrected chi connectivity index (χ2v) is 11.5. The Balaban J connectivity index is 1.16. The van der Waals surface area contributed by atoms with E-state index in [2.05, 4.69) is 15.4 Å². The monoisotopic (exact) mass is 613 g/mol. The number of rotatable bonds is 8. The van der Waals surface area contributed by atoms with E-state index in [1.165, 1.54) is 0 Å². The van der Waals surface area contributed by atoms with Crippen molar-refractivity contribution in [2.75, 3.05) is 24.5 Å². The first-order valence-corrected chi connectivity index (χ1v) is 14.3. The summed E-state index contributed by atoms with van der Waals surface area (Å²) in [6.45, 7) is 2.12. The number of benzene rings is 3. The molecule has 2 aliphatic rings. The Bertz CT molecular complexity index is 1580. The molecule has 0 spiro atoms. The summed E-state index contributed by atoms with van der Waals surface area (Å²) in [6.07, 6.45) is 0.933. The van der Waals surface area contributed by atoms with Crippen LogP contribution in [0.5, 0.6) is 5.75 Å². The van der Waals surface area contributed by atoms with Crippen molar-refractivity contribution in [3.8, 4) is 17.0 Å². The minimum Gasteiger partial charge on any atom is -0.489 e. The third-order valence-electron chi connectivity index (χ3n) is 7.64. The molecule has 0 aliphatic carbocycles. The number of nitrogens with one attached hydrogen (secondary N) is 1. The summed E-state index contributed by atoms with van der Waals surface area (Å²) < 4.78 is 11.8. The lowest BCUT2D eigenvalue weighted by Crippen LogP contribution is -2.42. The molecule has 1 aromatic heterocycles. The number of aromatic carboxylic acids is 1. The van der Waals surface area contributed by atoms with Gasteiger partial charge in [-0.05, 0) is 61.4 Å². The van der Waals surface area contributed by atoms with Gasteiger partial charge in [0.2, 0.25) is 0 Å². The molecule has 2 fully saturated rings. The molecule has 2 aliphatic heterocycles. The Labute approximate surface area is 251 Å². The molecule has 0 bridgehead atoms. The first-order valence-electron chi connectivity index (χ1n) is 13.1.